The molecule has 0 radical (unpaired) electrons. The molecule has 0 fully saturated rings. The van der Waals surface area contributed by atoms with Crippen molar-refractivity contribution in [3.63, 3.8) is 0 Å². The van der Waals surface area contributed by atoms with Crippen molar-refractivity contribution in [1.82, 2.24) is 9.97 Å². The molecule has 110 valence electrons. The normalized spacial score (nSPS) is 10.0. The van der Waals surface area contributed by atoms with Crippen molar-refractivity contribution in [2.45, 2.75) is 19.6 Å². The Bertz CT molecular complexity index is 602. The van der Waals surface area contributed by atoms with Crippen LogP contribution in [0.1, 0.15) is 5.69 Å². The van der Waals surface area contributed by atoms with Crippen LogP contribution in [0.5, 0.6) is 0 Å². The SMILES string of the molecule is Brc1ccc(Br)nc1.C[Si](C)(C)C#Cc1ccc(Br)cn1. The number of nitrogens with zero attached hydrogens (tertiary/aromatic N) is 2. The molecule has 2 heterocycles. The fourth-order valence-electron chi connectivity index (χ4n) is 1.06. The lowest BCUT2D eigenvalue weighted by molar-refractivity contribution is 1.26. The largest absolute Gasteiger partial charge is 0.248 e. The minimum absolute atomic E-state index is 0.852. The van der Waals surface area contributed by atoms with Gasteiger partial charge in [-0.15, -0.1) is 5.54 Å². The summed E-state index contributed by atoms with van der Waals surface area (Å²) in [6, 6.07) is 7.69. The summed E-state index contributed by atoms with van der Waals surface area (Å²) in [5.74, 6) is 3.09. The summed E-state index contributed by atoms with van der Waals surface area (Å²) in [5, 5.41) is 0. The Kier molecular flexibility index (Phi) is 7.81. The quantitative estimate of drug-likeness (QED) is 0.270. The van der Waals surface area contributed by atoms with Crippen molar-refractivity contribution in [2.24, 2.45) is 0 Å². The fourth-order valence-corrected chi connectivity index (χ4v) is 2.27. The molecule has 0 aliphatic rings. The molecule has 0 aliphatic carbocycles. The van der Waals surface area contributed by atoms with E-state index in [0.29, 0.717) is 0 Å². The van der Waals surface area contributed by atoms with E-state index in [4.69, 9.17) is 0 Å². The van der Waals surface area contributed by atoms with Crippen LogP contribution in [0.25, 0.3) is 0 Å². The maximum atomic E-state index is 4.18. The first-order valence-corrected chi connectivity index (χ1v) is 12.1. The van der Waals surface area contributed by atoms with Crippen molar-refractivity contribution in [1.29, 1.82) is 0 Å². The molecule has 2 aromatic heterocycles. The van der Waals surface area contributed by atoms with Gasteiger partial charge in [-0.3, -0.25) is 0 Å². The lowest BCUT2D eigenvalue weighted by Crippen LogP contribution is -2.16. The predicted octanol–water partition coefficient (Wildman–Crippen LogP) is 5.68. The van der Waals surface area contributed by atoms with Crippen LogP contribution >= 0.6 is 47.8 Å². The molecular formula is C15H15Br3N2Si. The van der Waals surface area contributed by atoms with E-state index < -0.39 is 8.07 Å². The predicted molar refractivity (Wildman–Crippen MR) is 102 cm³/mol. The summed E-state index contributed by atoms with van der Waals surface area (Å²) in [6.45, 7) is 6.66. The minimum atomic E-state index is -1.27. The Morgan fingerprint density at radius 3 is 1.81 bits per heavy atom. The van der Waals surface area contributed by atoms with Crippen LogP contribution in [0.3, 0.4) is 0 Å². The van der Waals surface area contributed by atoms with Gasteiger partial charge in [-0.05, 0) is 72.1 Å². The van der Waals surface area contributed by atoms with E-state index in [9.17, 15) is 0 Å². The molecule has 0 saturated heterocycles. The van der Waals surface area contributed by atoms with Crippen LogP contribution in [0.15, 0.2) is 50.2 Å². The van der Waals surface area contributed by atoms with Crippen molar-refractivity contribution in [2.75, 3.05) is 0 Å². The van der Waals surface area contributed by atoms with E-state index in [0.717, 1.165) is 19.2 Å². The summed E-state index contributed by atoms with van der Waals surface area (Å²) in [7, 11) is -1.27. The molecular weight excluding hydrogens is 476 g/mol. The first kappa shape index (κ1) is 18.6. The van der Waals surface area contributed by atoms with E-state index in [1.807, 2.05) is 24.3 Å². The average molecular weight is 491 g/mol. The van der Waals surface area contributed by atoms with Gasteiger partial charge in [0.2, 0.25) is 0 Å². The number of aromatic nitrogens is 2. The molecule has 0 unspecified atom stereocenters. The smallest absolute Gasteiger partial charge is 0.129 e. The lowest BCUT2D eigenvalue weighted by atomic mass is 10.4. The monoisotopic (exact) mass is 488 g/mol. The van der Waals surface area contributed by atoms with Crippen LogP contribution in [-0.2, 0) is 0 Å². The summed E-state index contributed by atoms with van der Waals surface area (Å²) in [5.41, 5.74) is 4.12. The Morgan fingerprint density at radius 2 is 1.43 bits per heavy atom. The van der Waals surface area contributed by atoms with E-state index in [1.165, 1.54) is 0 Å². The first-order valence-electron chi connectivity index (χ1n) is 6.18. The third-order valence-corrected chi connectivity index (χ3v) is 4.27. The topological polar surface area (TPSA) is 25.8 Å². The summed E-state index contributed by atoms with van der Waals surface area (Å²) < 4.78 is 2.85. The molecule has 2 aromatic rings. The van der Waals surface area contributed by atoms with Gasteiger partial charge in [-0.25, -0.2) is 9.97 Å². The van der Waals surface area contributed by atoms with Crippen LogP contribution < -0.4 is 0 Å². The van der Waals surface area contributed by atoms with E-state index in [-0.39, 0.29) is 0 Å². The van der Waals surface area contributed by atoms with Crippen molar-refractivity contribution in [3.8, 4) is 11.5 Å². The number of hydrogen-bond acceptors (Lipinski definition) is 2. The van der Waals surface area contributed by atoms with Crippen LogP contribution in [0, 0.1) is 11.5 Å². The maximum Gasteiger partial charge on any atom is 0.129 e. The maximum absolute atomic E-state index is 4.18. The van der Waals surface area contributed by atoms with Gasteiger partial charge in [-0.2, -0.15) is 0 Å². The highest BCUT2D eigenvalue weighted by molar-refractivity contribution is 9.11. The molecule has 2 nitrogen and oxygen atoms in total. The molecule has 21 heavy (non-hydrogen) atoms. The van der Waals surface area contributed by atoms with E-state index in [1.54, 1.807) is 12.4 Å². The highest BCUT2D eigenvalue weighted by Gasteiger charge is 2.07. The molecule has 0 saturated carbocycles. The average Bonchev–Trinajstić information content (AvgIpc) is 2.41. The Morgan fingerprint density at radius 1 is 0.857 bits per heavy atom. The summed E-state index contributed by atoms with van der Waals surface area (Å²) >= 11 is 9.81. The number of rotatable bonds is 0. The number of hydrogen-bond donors (Lipinski definition) is 0. The second kappa shape index (κ2) is 8.84. The van der Waals surface area contributed by atoms with Gasteiger partial charge in [0, 0.05) is 21.3 Å². The molecule has 0 aromatic carbocycles. The number of halogens is 3. The highest BCUT2D eigenvalue weighted by atomic mass is 79.9. The molecule has 0 aliphatic heterocycles. The molecule has 0 N–H and O–H groups in total. The zero-order chi connectivity index (χ0) is 15.9. The second-order valence-electron chi connectivity index (χ2n) is 5.16. The molecule has 0 amide bonds. The summed E-state index contributed by atoms with van der Waals surface area (Å²) in [4.78, 5) is 8.13. The zero-order valence-corrected chi connectivity index (χ0v) is 17.8. The van der Waals surface area contributed by atoms with E-state index >= 15 is 0 Å². The van der Waals surface area contributed by atoms with Crippen LogP contribution in [-0.4, -0.2) is 18.0 Å². The standard InChI is InChI=1S/C10H12BrNSi.C5H3Br2N/c1-13(2,3)7-6-10-5-4-9(11)8-12-10;6-4-1-2-5(7)8-3-4/h4-5,8H,1-3H3;1-3H. The van der Waals surface area contributed by atoms with Crippen molar-refractivity contribution in [3.05, 3.63) is 55.9 Å². The van der Waals surface area contributed by atoms with Crippen molar-refractivity contribution >= 4 is 55.9 Å². The Labute approximate surface area is 152 Å². The Hall–Kier alpha value is -0.483. The highest BCUT2D eigenvalue weighted by Crippen LogP contribution is 2.10. The van der Waals surface area contributed by atoms with Gasteiger partial charge in [0.25, 0.3) is 0 Å². The third-order valence-electron chi connectivity index (χ3n) is 1.98. The van der Waals surface area contributed by atoms with Gasteiger partial charge in [-0.1, -0.05) is 25.6 Å². The third kappa shape index (κ3) is 9.20. The zero-order valence-electron chi connectivity index (χ0n) is 12.0. The molecule has 0 bridgehead atoms. The number of pyridine rings is 2. The van der Waals surface area contributed by atoms with Gasteiger partial charge in [0.15, 0.2) is 0 Å². The van der Waals surface area contributed by atoms with E-state index in [2.05, 4.69) is 88.9 Å². The lowest BCUT2D eigenvalue weighted by Gasteiger charge is -2.02. The minimum Gasteiger partial charge on any atom is -0.248 e. The molecule has 0 spiro atoms. The second-order valence-corrected chi connectivity index (χ2v) is 12.6. The van der Waals surface area contributed by atoms with Gasteiger partial charge in [0.05, 0.1) is 0 Å². The molecule has 0 atom stereocenters. The first-order chi connectivity index (χ1) is 9.76. The summed E-state index contributed by atoms with van der Waals surface area (Å²) in [6.07, 6.45) is 3.51. The van der Waals surface area contributed by atoms with Gasteiger partial charge >= 0.3 is 0 Å². The van der Waals surface area contributed by atoms with Gasteiger partial charge < -0.3 is 0 Å². The molecule has 2 rings (SSSR count). The van der Waals surface area contributed by atoms with Crippen LogP contribution in [0.4, 0.5) is 0 Å². The fraction of sp³-hybridized carbons (Fsp3) is 0.200. The van der Waals surface area contributed by atoms with Gasteiger partial charge in [0.1, 0.15) is 18.4 Å². The Balaban J connectivity index is 0.000000235. The van der Waals surface area contributed by atoms with Crippen LogP contribution in [0.2, 0.25) is 19.6 Å². The molecule has 6 heteroatoms. The van der Waals surface area contributed by atoms with Crippen molar-refractivity contribution < 1.29 is 0 Å².